The molecule has 4 nitrogen and oxygen atoms in total. The molecule has 102 valence electrons. The molecule has 1 atom stereocenters. The van der Waals surface area contributed by atoms with Gasteiger partial charge in [0, 0.05) is 8.95 Å². The molecule has 0 aliphatic carbocycles. The van der Waals surface area contributed by atoms with E-state index >= 15 is 0 Å². The molecule has 0 fully saturated rings. The largest absolute Gasteiger partial charge is 0.323 e. The smallest absolute Gasteiger partial charge is 0.320 e. The Morgan fingerprint density at radius 3 is 2.45 bits per heavy atom. The van der Waals surface area contributed by atoms with E-state index in [1.54, 1.807) is 0 Å². The van der Waals surface area contributed by atoms with Gasteiger partial charge in [0.05, 0.1) is 17.1 Å². The summed E-state index contributed by atoms with van der Waals surface area (Å²) in [6, 6.07) is 11.3. The fourth-order valence-corrected chi connectivity index (χ4v) is 3.20. The molecule has 4 N–H and O–H groups in total. The van der Waals surface area contributed by atoms with Gasteiger partial charge in [0.2, 0.25) is 0 Å². The summed E-state index contributed by atoms with van der Waals surface area (Å²) in [7, 11) is 0. The predicted molar refractivity (Wildman–Crippen MR) is 86.8 cm³/mol. The van der Waals surface area contributed by atoms with Gasteiger partial charge in [-0.25, -0.2) is 4.79 Å². The van der Waals surface area contributed by atoms with Gasteiger partial charge in [-0.3, -0.25) is 0 Å². The number of hydrogen-bond donors (Lipinski definition) is 3. The fourth-order valence-electron chi connectivity index (χ4n) is 2.19. The number of imidazole rings is 1. The van der Waals surface area contributed by atoms with Crippen LogP contribution < -0.4 is 11.4 Å². The van der Waals surface area contributed by atoms with E-state index in [0.717, 1.165) is 31.1 Å². The predicted octanol–water partition coefficient (Wildman–Crippen LogP) is 3.43. The normalized spacial score (nSPS) is 12.8. The summed E-state index contributed by atoms with van der Waals surface area (Å²) in [4.78, 5) is 16.8. The summed E-state index contributed by atoms with van der Waals surface area (Å²) in [5.74, 6) is 0. The maximum Gasteiger partial charge on any atom is 0.323 e. The number of hydrogen-bond acceptors (Lipinski definition) is 2. The molecule has 3 rings (SSSR count). The zero-order valence-corrected chi connectivity index (χ0v) is 13.5. The van der Waals surface area contributed by atoms with Crippen LogP contribution in [0, 0.1) is 0 Å². The lowest BCUT2D eigenvalue weighted by atomic mass is 9.99. The Kier molecular flexibility index (Phi) is 3.54. The highest BCUT2D eigenvalue weighted by molar-refractivity contribution is 9.10. The van der Waals surface area contributed by atoms with Crippen molar-refractivity contribution >= 4 is 42.9 Å². The van der Waals surface area contributed by atoms with E-state index in [0.29, 0.717) is 0 Å². The molecule has 3 aromatic rings. The van der Waals surface area contributed by atoms with Crippen molar-refractivity contribution in [3.8, 4) is 0 Å². The molecule has 0 spiro atoms. The molecule has 1 heterocycles. The minimum absolute atomic E-state index is 0.222. The Morgan fingerprint density at radius 2 is 1.75 bits per heavy atom. The molecule has 0 radical (unpaired) electrons. The van der Waals surface area contributed by atoms with Crippen molar-refractivity contribution in [2.45, 2.75) is 6.04 Å². The highest BCUT2D eigenvalue weighted by Gasteiger charge is 2.14. The van der Waals surface area contributed by atoms with Crippen LogP contribution in [0.2, 0.25) is 0 Å². The minimum Gasteiger partial charge on any atom is -0.320 e. The fraction of sp³-hybridized carbons (Fsp3) is 0.0714. The molecule has 0 aliphatic rings. The summed E-state index contributed by atoms with van der Waals surface area (Å²) in [6.07, 6.45) is 0. The zero-order chi connectivity index (χ0) is 14.3. The first kappa shape index (κ1) is 13.6. The van der Waals surface area contributed by atoms with Crippen LogP contribution in [0.25, 0.3) is 11.0 Å². The van der Waals surface area contributed by atoms with Crippen molar-refractivity contribution in [2.24, 2.45) is 5.73 Å². The Morgan fingerprint density at radius 1 is 1.05 bits per heavy atom. The van der Waals surface area contributed by atoms with Crippen molar-refractivity contribution in [3.63, 3.8) is 0 Å². The molecule has 0 aliphatic heterocycles. The second kappa shape index (κ2) is 5.20. The third-order valence-corrected chi connectivity index (χ3v) is 4.36. The van der Waals surface area contributed by atoms with Crippen molar-refractivity contribution in [1.29, 1.82) is 0 Å². The van der Waals surface area contributed by atoms with E-state index in [4.69, 9.17) is 5.73 Å². The first-order valence-electron chi connectivity index (χ1n) is 5.97. The Hall–Kier alpha value is -1.37. The van der Waals surface area contributed by atoms with Gasteiger partial charge >= 0.3 is 5.69 Å². The van der Waals surface area contributed by atoms with Crippen LogP contribution in [-0.2, 0) is 0 Å². The topological polar surface area (TPSA) is 74.7 Å². The second-order valence-corrected chi connectivity index (χ2v) is 6.30. The molecule has 6 heteroatoms. The van der Waals surface area contributed by atoms with Gasteiger partial charge in [0.25, 0.3) is 0 Å². The minimum atomic E-state index is -0.273. The third-order valence-electron chi connectivity index (χ3n) is 3.18. The molecule has 1 unspecified atom stereocenters. The molecule has 2 aromatic carbocycles. The maximum atomic E-state index is 11.3. The number of aromatic amines is 2. The van der Waals surface area contributed by atoms with Gasteiger partial charge < -0.3 is 15.7 Å². The number of nitrogens with two attached hydrogens (primary N) is 1. The molecule has 20 heavy (non-hydrogen) atoms. The first-order chi connectivity index (χ1) is 9.54. The van der Waals surface area contributed by atoms with Crippen LogP contribution in [0.3, 0.4) is 0 Å². The second-order valence-electron chi connectivity index (χ2n) is 4.53. The van der Waals surface area contributed by atoms with Gasteiger partial charge in [0.1, 0.15) is 0 Å². The number of rotatable bonds is 2. The number of H-pyrrole nitrogens is 2. The lowest BCUT2D eigenvalue weighted by Gasteiger charge is -2.15. The molecular weight excluding hydrogens is 386 g/mol. The lowest BCUT2D eigenvalue weighted by Crippen LogP contribution is -2.12. The van der Waals surface area contributed by atoms with E-state index in [2.05, 4.69) is 41.8 Å². The van der Waals surface area contributed by atoms with Gasteiger partial charge in [-0.1, -0.05) is 44.0 Å². The molecule has 0 saturated carbocycles. The molecule has 1 aromatic heterocycles. The van der Waals surface area contributed by atoms with Crippen LogP contribution in [0.4, 0.5) is 0 Å². The molecule has 0 amide bonds. The maximum absolute atomic E-state index is 11.3. The van der Waals surface area contributed by atoms with Gasteiger partial charge in [0.15, 0.2) is 0 Å². The van der Waals surface area contributed by atoms with E-state index < -0.39 is 0 Å². The van der Waals surface area contributed by atoms with Gasteiger partial charge in [-0.2, -0.15) is 0 Å². The quantitative estimate of drug-likeness (QED) is 0.620. The van der Waals surface area contributed by atoms with E-state index in [-0.39, 0.29) is 11.7 Å². The van der Waals surface area contributed by atoms with Crippen LogP contribution in [0.1, 0.15) is 17.2 Å². The Labute approximate surface area is 131 Å². The highest BCUT2D eigenvalue weighted by Crippen LogP contribution is 2.30. The number of fused-ring (bicyclic) bond motifs is 1. The van der Waals surface area contributed by atoms with Gasteiger partial charge in [-0.05, 0) is 35.4 Å². The molecule has 0 saturated heterocycles. The van der Waals surface area contributed by atoms with Crippen LogP contribution in [-0.4, -0.2) is 9.97 Å². The van der Waals surface area contributed by atoms with Crippen LogP contribution in [0.5, 0.6) is 0 Å². The Bertz CT molecular complexity index is 838. The van der Waals surface area contributed by atoms with Crippen molar-refractivity contribution in [1.82, 2.24) is 9.97 Å². The number of nitrogens with one attached hydrogen (secondary N) is 2. The van der Waals surface area contributed by atoms with Crippen molar-refractivity contribution in [3.05, 3.63) is 67.0 Å². The third kappa shape index (κ3) is 2.46. The van der Waals surface area contributed by atoms with Crippen molar-refractivity contribution < 1.29 is 0 Å². The lowest BCUT2D eigenvalue weighted by molar-refractivity contribution is 0.866. The number of aromatic nitrogens is 2. The zero-order valence-electron chi connectivity index (χ0n) is 10.3. The molecule has 0 bridgehead atoms. The summed E-state index contributed by atoms with van der Waals surface area (Å²) >= 11 is 6.96. The number of benzene rings is 2. The SMILES string of the molecule is NC(c1cccc(Br)c1)c1cc2[nH]c(=O)[nH]c2cc1Br. The monoisotopic (exact) mass is 395 g/mol. The summed E-state index contributed by atoms with van der Waals surface area (Å²) in [5, 5.41) is 0. The summed E-state index contributed by atoms with van der Waals surface area (Å²) in [6.45, 7) is 0. The standard InChI is InChI=1S/C14H11Br2N3O/c15-8-3-1-2-7(4-8)13(17)9-5-11-12(6-10(9)16)19-14(20)18-11/h1-6,13H,17H2,(H2,18,19,20). The van der Waals surface area contributed by atoms with Gasteiger partial charge in [-0.15, -0.1) is 0 Å². The van der Waals surface area contributed by atoms with E-state index in [9.17, 15) is 4.79 Å². The average molecular weight is 397 g/mol. The Balaban J connectivity index is 2.13. The molecular formula is C14H11Br2N3O. The van der Waals surface area contributed by atoms with E-state index in [1.807, 2.05) is 36.4 Å². The first-order valence-corrected chi connectivity index (χ1v) is 7.55. The summed E-state index contributed by atoms with van der Waals surface area (Å²) in [5.41, 5.74) is 9.53. The van der Waals surface area contributed by atoms with Crippen LogP contribution in [0.15, 0.2) is 50.1 Å². The van der Waals surface area contributed by atoms with E-state index in [1.165, 1.54) is 0 Å². The highest BCUT2D eigenvalue weighted by atomic mass is 79.9. The summed E-state index contributed by atoms with van der Waals surface area (Å²) < 4.78 is 1.85. The van der Waals surface area contributed by atoms with Crippen LogP contribution >= 0.6 is 31.9 Å². The average Bonchev–Trinajstić information content (AvgIpc) is 2.76. The number of halogens is 2. The van der Waals surface area contributed by atoms with Crippen molar-refractivity contribution in [2.75, 3.05) is 0 Å².